The second-order valence-corrected chi connectivity index (χ2v) is 6.15. The summed E-state index contributed by atoms with van der Waals surface area (Å²) in [6.07, 6.45) is 2.18. The maximum atomic E-state index is 13.2. The van der Waals surface area contributed by atoms with Gasteiger partial charge in [-0.05, 0) is 24.1 Å². The highest BCUT2D eigenvalue weighted by Crippen LogP contribution is 2.16. The first-order chi connectivity index (χ1) is 10.7. The molecule has 1 unspecified atom stereocenters. The number of halogens is 1. The average molecular weight is 305 g/mol. The topological polar surface area (TPSA) is 28.1 Å². The van der Waals surface area contributed by atoms with Crippen LogP contribution in [0.1, 0.15) is 25.3 Å². The van der Waals surface area contributed by atoms with Crippen molar-refractivity contribution in [3.05, 3.63) is 35.6 Å². The summed E-state index contributed by atoms with van der Waals surface area (Å²) in [5.41, 5.74) is 2.23. The van der Waals surface area contributed by atoms with Gasteiger partial charge in [0.2, 0.25) is 0 Å². The van der Waals surface area contributed by atoms with Crippen LogP contribution in [-0.2, 0) is 11.4 Å². The molecule has 2 heterocycles. The number of nitrogens with zero attached hydrogens (tertiary/aromatic N) is 3. The quantitative estimate of drug-likeness (QED) is 0.836. The van der Waals surface area contributed by atoms with E-state index in [2.05, 4.69) is 21.9 Å². The zero-order valence-electron chi connectivity index (χ0n) is 13.2. The summed E-state index contributed by atoms with van der Waals surface area (Å²) >= 11 is 0. The molecule has 0 spiro atoms. The molecular weight excluding hydrogens is 281 g/mol. The average Bonchev–Trinajstić information content (AvgIpc) is 2.97. The van der Waals surface area contributed by atoms with Crippen LogP contribution in [0.15, 0.2) is 29.4 Å². The van der Waals surface area contributed by atoms with Crippen molar-refractivity contribution in [2.75, 3.05) is 32.7 Å². The van der Waals surface area contributed by atoms with Crippen LogP contribution in [0.3, 0.4) is 0 Å². The third-order valence-electron chi connectivity index (χ3n) is 4.42. The Labute approximate surface area is 131 Å². The Kier molecular flexibility index (Phi) is 5.05. The van der Waals surface area contributed by atoms with Crippen molar-refractivity contribution in [2.45, 2.75) is 32.4 Å². The molecule has 1 atom stereocenters. The van der Waals surface area contributed by atoms with Gasteiger partial charge in [0, 0.05) is 45.7 Å². The van der Waals surface area contributed by atoms with E-state index in [0.29, 0.717) is 0 Å². The lowest BCUT2D eigenvalue weighted by Gasteiger charge is -2.35. The molecule has 0 radical (unpaired) electrons. The van der Waals surface area contributed by atoms with E-state index in [-0.39, 0.29) is 11.9 Å². The lowest BCUT2D eigenvalue weighted by Crippen LogP contribution is -2.48. The lowest BCUT2D eigenvalue weighted by atomic mass is 10.1. The van der Waals surface area contributed by atoms with Gasteiger partial charge in [-0.15, -0.1) is 0 Å². The molecule has 0 bridgehead atoms. The highest BCUT2D eigenvalue weighted by molar-refractivity contribution is 5.85. The normalized spacial score (nSPS) is 23.4. The van der Waals surface area contributed by atoms with E-state index in [1.165, 1.54) is 11.8 Å². The third kappa shape index (κ3) is 4.05. The molecule has 0 N–H and O–H groups in total. The molecule has 1 saturated heterocycles. The Morgan fingerprint density at radius 2 is 2.00 bits per heavy atom. The highest BCUT2D eigenvalue weighted by Gasteiger charge is 2.25. The van der Waals surface area contributed by atoms with Gasteiger partial charge in [0.05, 0.1) is 5.71 Å². The molecule has 2 aliphatic rings. The van der Waals surface area contributed by atoms with E-state index in [4.69, 9.17) is 4.84 Å². The SMILES string of the molecule is CCC1=NOC(CN2CCN(Cc3cccc(F)c3)CC2)C1. The fraction of sp³-hybridized carbons (Fsp3) is 0.588. The van der Waals surface area contributed by atoms with E-state index in [1.807, 2.05) is 6.07 Å². The van der Waals surface area contributed by atoms with Crippen LogP contribution in [0, 0.1) is 5.82 Å². The van der Waals surface area contributed by atoms with Crippen LogP contribution < -0.4 is 0 Å². The third-order valence-corrected chi connectivity index (χ3v) is 4.42. The number of rotatable bonds is 5. The van der Waals surface area contributed by atoms with Gasteiger partial charge < -0.3 is 4.84 Å². The van der Waals surface area contributed by atoms with Gasteiger partial charge in [0.1, 0.15) is 11.9 Å². The van der Waals surface area contributed by atoms with E-state index in [0.717, 1.165) is 57.7 Å². The Hall–Kier alpha value is -1.46. The highest BCUT2D eigenvalue weighted by atomic mass is 19.1. The van der Waals surface area contributed by atoms with Crippen molar-refractivity contribution in [1.82, 2.24) is 9.80 Å². The van der Waals surface area contributed by atoms with Crippen molar-refractivity contribution >= 4 is 5.71 Å². The summed E-state index contributed by atoms with van der Waals surface area (Å²) in [6, 6.07) is 6.90. The summed E-state index contributed by atoms with van der Waals surface area (Å²) in [6.45, 7) is 8.02. The van der Waals surface area contributed by atoms with Crippen molar-refractivity contribution in [3.63, 3.8) is 0 Å². The molecular formula is C17H24FN3O. The van der Waals surface area contributed by atoms with Gasteiger partial charge in [-0.2, -0.15) is 0 Å². The number of oxime groups is 1. The van der Waals surface area contributed by atoms with Gasteiger partial charge in [0.15, 0.2) is 0 Å². The molecule has 120 valence electrons. The van der Waals surface area contributed by atoms with E-state index < -0.39 is 0 Å². The van der Waals surface area contributed by atoms with Crippen LogP contribution in [0.25, 0.3) is 0 Å². The van der Waals surface area contributed by atoms with Crippen LogP contribution >= 0.6 is 0 Å². The summed E-state index contributed by atoms with van der Waals surface area (Å²) in [4.78, 5) is 10.3. The first-order valence-corrected chi connectivity index (χ1v) is 8.13. The second-order valence-electron chi connectivity index (χ2n) is 6.15. The van der Waals surface area contributed by atoms with Crippen LogP contribution in [-0.4, -0.2) is 54.3 Å². The summed E-state index contributed by atoms with van der Waals surface area (Å²) in [5.74, 6) is -0.152. The van der Waals surface area contributed by atoms with Gasteiger partial charge in [0.25, 0.3) is 0 Å². The summed E-state index contributed by atoms with van der Waals surface area (Å²) in [7, 11) is 0. The van der Waals surface area contributed by atoms with Crippen LogP contribution in [0.5, 0.6) is 0 Å². The standard InChI is InChI=1S/C17H24FN3O/c1-2-16-11-17(22-19-16)13-21-8-6-20(7-9-21)12-14-4-3-5-15(18)10-14/h3-5,10,17H,2,6-9,11-13H2,1H3. The maximum absolute atomic E-state index is 13.2. The molecule has 3 rings (SSSR count). The maximum Gasteiger partial charge on any atom is 0.145 e. The van der Waals surface area contributed by atoms with Gasteiger partial charge >= 0.3 is 0 Å². The molecule has 5 heteroatoms. The molecule has 1 aromatic carbocycles. The Balaban J connectivity index is 1.41. The minimum atomic E-state index is -0.152. The second kappa shape index (κ2) is 7.20. The minimum Gasteiger partial charge on any atom is -0.391 e. The predicted molar refractivity (Wildman–Crippen MR) is 85.3 cm³/mol. The number of hydrogen-bond acceptors (Lipinski definition) is 4. The molecule has 2 aliphatic heterocycles. The molecule has 22 heavy (non-hydrogen) atoms. The molecule has 4 nitrogen and oxygen atoms in total. The van der Waals surface area contributed by atoms with Crippen molar-refractivity contribution < 1.29 is 9.23 Å². The number of hydrogen-bond donors (Lipinski definition) is 0. The van der Waals surface area contributed by atoms with E-state index in [1.54, 1.807) is 12.1 Å². The van der Waals surface area contributed by atoms with Gasteiger partial charge in [-0.3, -0.25) is 9.80 Å². The van der Waals surface area contributed by atoms with E-state index >= 15 is 0 Å². The molecule has 1 aromatic rings. The molecule has 0 aliphatic carbocycles. The number of benzene rings is 1. The molecule has 1 fully saturated rings. The van der Waals surface area contributed by atoms with Crippen LogP contribution in [0.2, 0.25) is 0 Å². The molecule has 0 saturated carbocycles. The first-order valence-electron chi connectivity index (χ1n) is 8.13. The number of piperazine rings is 1. The lowest BCUT2D eigenvalue weighted by molar-refractivity contribution is 0.0338. The first kappa shape index (κ1) is 15.4. The monoisotopic (exact) mass is 305 g/mol. The predicted octanol–water partition coefficient (Wildman–Crippen LogP) is 2.50. The largest absolute Gasteiger partial charge is 0.391 e. The molecule has 0 amide bonds. The Bertz CT molecular complexity index is 526. The summed E-state index contributed by atoms with van der Waals surface area (Å²) < 4.78 is 13.2. The zero-order chi connectivity index (χ0) is 15.4. The fourth-order valence-corrected chi connectivity index (χ4v) is 3.10. The Morgan fingerprint density at radius 1 is 1.23 bits per heavy atom. The fourth-order valence-electron chi connectivity index (χ4n) is 3.10. The zero-order valence-corrected chi connectivity index (χ0v) is 13.2. The van der Waals surface area contributed by atoms with Gasteiger partial charge in [-0.25, -0.2) is 4.39 Å². The van der Waals surface area contributed by atoms with Crippen molar-refractivity contribution in [2.24, 2.45) is 5.16 Å². The van der Waals surface area contributed by atoms with E-state index in [9.17, 15) is 4.39 Å². The van der Waals surface area contributed by atoms with Crippen molar-refractivity contribution in [1.29, 1.82) is 0 Å². The van der Waals surface area contributed by atoms with Gasteiger partial charge in [-0.1, -0.05) is 24.2 Å². The van der Waals surface area contributed by atoms with Crippen molar-refractivity contribution in [3.8, 4) is 0 Å². The smallest absolute Gasteiger partial charge is 0.145 e. The van der Waals surface area contributed by atoms with Crippen LogP contribution in [0.4, 0.5) is 4.39 Å². The summed E-state index contributed by atoms with van der Waals surface area (Å²) in [5, 5.41) is 4.12. The molecule has 0 aromatic heterocycles. The minimum absolute atomic E-state index is 0.152. The Morgan fingerprint density at radius 3 is 2.68 bits per heavy atom.